The predicted molar refractivity (Wildman–Crippen MR) is 58.3 cm³/mol. The number of aryl methyl sites for hydroxylation is 2. The van der Waals surface area contributed by atoms with Gasteiger partial charge >= 0.3 is 5.97 Å². The number of hydrogen-bond acceptors (Lipinski definition) is 4. The molecule has 86 valence electrons. The Morgan fingerprint density at radius 1 is 1.38 bits per heavy atom. The first-order valence-electron chi connectivity index (χ1n) is 4.77. The van der Waals surface area contributed by atoms with Gasteiger partial charge in [0, 0.05) is 11.6 Å². The Morgan fingerprint density at radius 3 is 2.50 bits per heavy atom. The van der Waals surface area contributed by atoms with Gasteiger partial charge in [-0.05, 0) is 31.0 Å². The minimum atomic E-state index is -0.426. The molecule has 0 radical (unpaired) electrons. The van der Waals surface area contributed by atoms with Gasteiger partial charge in [0.05, 0.1) is 18.5 Å². The number of ether oxygens (including phenoxy) is 1. The molecule has 0 aromatic heterocycles. The Balaban J connectivity index is 3.10. The third-order valence-electron chi connectivity index (χ3n) is 2.41. The number of benzene rings is 1. The molecule has 5 nitrogen and oxygen atoms in total. The zero-order valence-corrected chi connectivity index (χ0v) is 9.44. The van der Waals surface area contributed by atoms with Gasteiger partial charge in [-0.15, -0.1) is 0 Å². The summed E-state index contributed by atoms with van der Waals surface area (Å²) >= 11 is 0. The van der Waals surface area contributed by atoms with Crippen LogP contribution in [0.3, 0.4) is 0 Å². The number of nitro groups is 1. The molecule has 0 fully saturated rings. The Kier molecular flexibility index (Phi) is 3.60. The lowest BCUT2D eigenvalue weighted by molar-refractivity contribution is -0.385. The number of carbonyl (C=O) groups is 1. The van der Waals surface area contributed by atoms with Gasteiger partial charge in [0.15, 0.2) is 0 Å². The molecular formula is C11H13NO4. The van der Waals surface area contributed by atoms with E-state index in [-0.39, 0.29) is 18.1 Å². The summed E-state index contributed by atoms with van der Waals surface area (Å²) in [6.45, 7) is 3.39. The number of methoxy groups -OCH3 is 1. The lowest BCUT2D eigenvalue weighted by atomic mass is 10.0. The van der Waals surface area contributed by atoms with Gasteiger partial charge < -0.3 is 4.74 Å². The van der Waals surface area contributed by atoms with Crippen LogP contribution < -0.4 is 0 Å². The van der Waals surface area contributed by atoms with E-state index in [2.05, 4.69) is 4.74 Å². The average molecular weight is 223 g/mol. The van der Waals surface area contributed by atoms with Gasteiger partial charge in [0.1, 0.15) is 0 Å². The van der Waals surface area contributed by atoms with Gasteiger partial charge in [0.2, 0.25) is 0 Å². The highest BCUT2D eigenvalue weighted by Crippen LogP contribution is 2.22. The van der Waals surface area contributed by atoms with Crippen molar-refractivity contribution in [2.24, 2.45) is 0 Å². The lowest BCUT2D eigenvalue weighted by Crippen LogP contribution is -2.06. The van der Waals surface area contributed by atoms with Crippen LogP contribution in [0.4, 0.5) is 5.69 Å². The molecule has 0 aliphatic heterocycles. The summed E-state index contributed by atoms with van der Waals surface area (Å²) < 4.78 is 4.55. The van der Waals surface area contributed by atoms with Crippen LogP contribution in [0.1, 0.15) is 16.7 Å². The van der Waals surface area contributed by atoms with Gasteiger partial charge in [-0.2, -0.15) is 0 Å². The Labute approximate surface area is 93.2 Å². The largest absolute Gasteiger partial charge is 0.469 e. The highest BCUT2D eigenvalue weighted by Gasteiger charge is 2.14. The number of nitrogens with zero attached hydrogens (tertiary/aromatic N) is 1. The number of rotatable bonds is 3. The van der Waals surface area contributed by atoms with E-state index in [4.69, 9.17) is 0 Å². The van der Waals surface area contributed by atoms with Crippen LogP contribution in [-0.2, 0) is 16.0 Å². The molecule has 0 atom stereocenters. The van der Waals surface area contributed by atoms with Gasteiger partial charge in [-0.3, -0.25) is 14.9 Å². The monoisotopic (exact) mass is 223 g/mol. The molecule has 0 aliphatic rings. The Bertz CT molecular complexity index is 440. The fourth-order valence-electron chi connectivity index (χ4n) is 1.48. The highest BCUT2D eigenvalue weighted by atomic mass is 16.6. The summed E-state index contributed by atoms with van der Waals surface area (Å²) in [6.07, 6.45) is 0.140. The minimum absolute atomic E-state index is 0.0751. The zero-order valence-electron chi connectivity index (χ0n) is 9.44. The minimum Gasteiger partial charge on any atom is -0.469 e. The summed E-state index contributed by atoms with van der Waals surface area (Å²) in [7, 11) is 1.32. The van der Waals surface area contributed by atoms with Crippen molar-refractivity contribution >= 4 is 11.7 Å². The Morgan fingerprint density at radius 2 is 2.00 bits per heavy atom. The summed E-state index contributed by atoms with van der Waals surface area (Å²) in [5.74, 6) is -0.351. The van der Waals surface area contributed by atoms with E-state index in [1.54, 1.807) is 19.9 Å². The number of esters is 1. The molecule has 16 heavy (non-hydrogen) atoms. The van der Waals surface area contributed by atoms with Crippen molar-refractivity contribution in [3.8, 4) is 0 Å². The molecule has 0 amide bonds. The topological polar surface area (TPSA) is 69.4 Å². The van der Waals surface area contributed by atoms with Crippen molar-refractivity contribution in [2.75, 3.05) is 7.11 Å². The molecular weight excluding hydrogens is 210 g/mol. The predicted octanol–water partition coefficient (Wildman–Crippen LogP) is 1.93. The average Bonchev–Trinajstić information content (AvgIpc) is 2.22. The molecule has 1 aromatic rings. The quantitative estimate of drug-likeness (QED) is 0.446. The molecule has 0 aliphatic carbocycles. The highest BCUT2D eigenvalue weighted by molar-refractivity contribution is 5.73. The third kappa shape index (κ3) is 2.56. The van der Waals surface area contributed by atoms with Crippen molar-refractivity contribution in [2.45, 2.75) is 20.3 Å². The second-order valence-corrected chi connectivity index (χ2v) is 3.58. The van der Waals surface area contributed by atoms with Gasteiger partial charge in [-0.25, -0.2) is 0 Å². The summed E-state index contributed by atoms with van der Waals surface area (Å²) in [5.41, 5.74) is 2.11. The Hall–Kier alpha value is -1.91. The number of nitro benzene ring substituents is 1. The molecule has 0 N–H and O–H groups in total. The van der Waals surface area contributed by atoms with Crippen molar-refractivity contribution in [1.82, 2.24) is 0 Å². The second-order valence-electron chi connectivity index (χ2n) is 3.58. The smallest absolute Gasteiger partial charge is 0.309 e. The molecule has 0 unspecified atom stereocenters. The summed E-state index contributed by atoms with van der Waals surface area (Å²) in [6, 6.07) is 3.14. The fraction of sp³-hybridized carbons (Fsp3) is 0.364. The second kappa shape index (κ2) is 4.74. The molecule has 0 spiro atoms. The van der Waals surface area contributed by atoms with Crippen LogP contribution in [0.5, 0.6) is 0 Å². The molecule has 0 saturated carbocycles. The molecule has 0 heterocycles. The molecule has 0 bridgehead atoms. The van der Waals surface area contributed by atoms with Crippen molar-refractivity contribution in [3.05, 3.63) is 38.9 Å². The van der Waals surface area contributed by atoms with Crippen LogP contribution in [-0.4, -0.2) is 18.0 Å². The van der Waals surface area contributed by atoms with E-state index in [0.29, 0.717) is 5.56 Å². The maximum absolute atomic E-state index is 11.1. The van der Waals surface area contributed by atoms with Crippen molar-refractivity contribution in [1.29, 1.82) is 0 Å². The van der Waals surface area contributed by atoms with Crippen LogP contribution in [0.25, 0.3) is 0 Å². The fourth-order valence-corrected chi connectivity index (χ4v) is 1.48. The molecule has 1 aromatic carbocycles. The molecule has 5 heteroatoms. The van der Waals surface area contributed by atoms with E-state index >= 15 is 0 Å². The van der Waals surface area contributed by atoms with E-state index in [9.17, 15) is 14.9 Å². The molecule has 1 rings (SSSR count). The van der Waals surface area contributed by atoms with Gasteiger partial charge in [0.25, 0.3) is 5.69 Å². The zero-order chi connectivity index (χ0) is 12.3. The maximum Gasteiger partial charge on any atom is 0.309 e. The number of hydrogen-bond donors (Lipinski definition) is 0. The van der Waals surface area contributed by atoms with E-state index in [1.807, 2.05) is 0 Å². The first-order chi connectivity index (χ1) is 7.45. The SMILES string of the molecule is COC(=O)Cc1cc(C)c([N+](=O)[O-])cc1C. The lowest BCUT2D eigenvalue weighted by Gasteiger charge is -2.06. The third-order valence-corrected chi connectivity index (χ3v) is 2.41. The van der Waals surface area contributed by atoms with Crippen molar-refractivity contribution < 1.29 is 14.5 Å². The first kappa shape index (κ1) is 12.2. The standard InChI is InChI=1S/C11H13NO4/c1-7-5-10(12(14)15)8(2)4-9(7)6-11(13)16-3/h4-5H,6H2,1-3H3. The number of carbonyl (C=O) groups excluding carboxylic acids is 1. The summed E-state index contributed by atoms with van der Waals surface area (Å²) in [4.78, 5) is 21.4. The van der Waals surface area contributed by atoms with Gasteiger partial charge in [-0.1, -0.05) is 0 Å². The van der Waals surface area contributed by atoms with Crippen LogP contribution in [0, 0.1) is 24.0 Å². The normalized spacial score (nSPS) is 9.94. The van der Waals surface area contributed by atoms with Crippen LogP contribution in [0.15, 0.2) is 12.1 Å². The maximum atomic E-state index is 11.1. The molecule has 0 saturated heterocycles. The first-order valence-corrected chi connectivity index (χ1v) is 4.77. The van der Waals surface area contributed by atoms with Crippen LogP contribution in [0.2, 0.25) is 0 Å². The van der Waals surface area contributed by atoms with Crippen LogP contribution >= 0.6 is 0 Å². The van der Waals surface area contributed by atoms with E-state index in [0.717, 1.165) is 11.1 Å². The van der Waals surface area contributed by atoms with E-state index in [1.165, 1.54) is 13.2 Å². The van der Waals surface area contributed by atoms with E-state index < -0.39 is 4.92 Å². The van der Waals surface area contributed by atoms with Crippen molar-refractivity contribution in [3.63, 3.8) is 0 Å². The summed E-state index contributed by atoms with van der Waals surface area (Å²) in [5, 5.41) is 10.7.